The van der Waals surface area contributed by atoms with Gasteiger partial charge in [0.1, 0.15) is 12.4 Å². The zero-order valence-corrected chi connectivity index (χ0v) is 10.1. The Hall–Kier alpha value is -1.81. The van der Waals surface area contributed by atoms with E-state index in [2.05, 4.69) is 5.10 Å². The highest BCUT2D eigenvalue weighted by Gasteiger charge is 2.01. The Morgan fingerprint density at radius 2 is 2.00 bits per heavy atom. The predicted octanol–water partition coefficient (Wildman–Crippen LogP) is 2.02. The molecule has 0 bridgehead atoms. The number of hydrogen-bond donors (Lipinski definition) is 1. The molecule has 2 N–H and O–H groups in total. The van der Waals surface area contributed by atoms with Crippen molar-refractivity contribution in [3.8, 4) is 5.75 Å². The van der Waals surface area contributed by atoms with Crippen molar-refractivity contribution in [2.75, 3.05) is 0 Å². The fourth-order valence-electron chi connectivity index (χ4n) is 1.57. The number of nitrogens with zero attached hydrogens (tertiary/aromatic N) is 2. The van der Waals surface area contributed by atoms with Gasteiger partial charge in [-0.1, -0.05) is 12.1 Å². The first kappa shape index (κ1) is 11.7. The van der Waals surface area contributed by atoms with E-state index >= 15 is 0 Å². The van der Waals surface area contributed by atoms with Gasteiger partial charge >= 0.3 is 0 Å². The van der Waals surface area contributed by atoms with Gasteiger partial charge in [0.05, 0.1) is 5.69 Å². The fourth-order valence-corrected chi connectivity index (χ4v) is 1.57. The number of aromatic nitrogens is 2. The maximum absolute atomic E-state index is 5.78. The first-order valence-corrected chi connectivity index (χ1v) is 5.62. The Balaban J connectivity index is 1.95. The van der Waals surface area contributed by atoms with Crippen LogP contribution < -0.4 is 10.5 Å². The molecule has 1 aromatic carbocycles. The average Bonchev–Trinajstić information content (AvgIpc) is 2.73. The van der Waals surface area contributed by atoms with Gasteiger partial charge < -0.3 is 10.5 Å². The van der Waals surface area contributed by atoms with Gasteiger partial charge in [-0.2, -0.15) is 5.10 Å². The third-order valence-corrected chi connectivity index (χ3v) is 2.56. The van der Waals surface area contributed by atoms with Crippen LogP contribution in [-0.2, 0) is 13.7 Å². The molecule has 4 nitrogen and oxygen atoms in total. The monoisotopic (exact) mass is 231 g/mol. The van der Waals surface area contributed by atoms with Gasteiger partial charge in [-0.3, -0.25) is 4.68 Å². The van der Waals surface area contributed by atoms with E-state index < -0.39 is 0 Å². The normalized spacial score (nSPS) is 12.4. The number of benzene rings is 1. The third kappa shape index (κ3) is 3.07. The van der Waals surface area contributed by atoms with Crippen molar-refractivity contribution in [1.82, 2.24) is 9.78 Å². The summed E-state index contributed by atoms with van der Waals surface area (Å²) in [5.41, 5.74) is 7.80. The molecule has 4 heteroatoms. The second kappa shape index (κ2) is 5.01. The molecule has 0 amide bonds. The van der Waals surface area contributed by atoms with Gasteiger partial charge in [0.25, 0.3) is 0 Å². The van der Waals surface area contributed by atoms with Crippen molar-refractivity contribution in [2.45, 2.75) is 19.6 Å². The second-order valence-corrected chi connectivity index (χ2v) is 4.13. The summed E-state index contributed by atoms with van der Waals surface area (Å²) in [7, 11) is 1.89. The van der Waals surface area contributed by atoms with Crippen molar-refractivity contribution in [3.63, 3.8) is 0 Å². The van der Waals surface area contributed by atoms with Crippen LogP contribution in [0, 0.1) is 0 Å². The van der Waals surface area contributed by atoms with E-state index in [4.69, 9.17) is 10.5 Å². The van der Waals surface area contributed by atoms with Crippen LogP contribution in [0.4, 0.5) is 0 Å². The highest BCUT2D eigenvalue weighted by molar-refractivity contribution is 5.28. The minimum Gasteiger partial charge on any atom is -0.487 e. The lowest BCUT2D eigenvalue weighted by molar-refractivity contribution is 0.300. The molecule has 0 spiro atoms. The summed E-state index contributed by atoms with van der Waals surface area (Å²) in [5, 5.41) is 4.24. The summed E-state index contributed by atoms with van der Waals surface area (Å²) in [6.07, 6.45) is 1.90. The van der Waals surface area contributed by atoms with Gasteiger partial charge in [-0.25, -0.2) is 0 Å². The van der Waals surface area contributed by atoms with Crippen molar-refractivity contribution in [1.29, 1.82) is 0 Å². The fraction of sp³-hybridized carbons (Fsp3) is 0.308. The van der Waals surface area contributed by atoms with Crippen LogP contribution in [-0.4, -0.2) is 9.78 Å². The van der Waals surface area contributed by atoms with Gasteiger partial charge in [0.15, 0.2) is 0 Å². The number of aryl methyl sites for hydroxylation is 1. The molecule has 90 valence electrons. The molecule has 2 rings (SSSR count). The molecule has 0 unspecified atom stereocenters. The summed E-state index contributed by atoms with van der Waals surface area (Å²) >= 11 is 0. The van der Waals surface area contributed by atoms with Crippen LogP contribution in [0.1, 0.15) is 24.2 Å². The maximum atomic E-state index is 5.78. The Labute approximate surface area is 101 Å². The van der Waals surface area contributed by atoms with E-state index in [0.29, 0.717) is 6.61 Å². The van der Waals surface area contributed by atoms with Crippen LogP contribution in [0.5, 0.6) is 5.75 Å². The molecular weight excluding hydrogens is 214 g/mol. The highest BCUT2D eigenvalue weighted by Crippen LogP contribution is 2.16. The molecular formula is C13H17N3O. The molecule has 0 saturated carbocycles. The summed E-state index contributed by atoms with van der Waals surface area (Å²) < 4.78 is 7.39. The smallest absolute Gasteiger partial charge is 0.132 e. The third-order valence-electron chi connectivity index (χ3n) is 2.56. The number of rotatable bonds is 4. The van der Waals surface area contributed by atoms with Crippen molar-refractivity contribution >= 4 is 0 Å². The molecule has 1 aromatic heterocycles. The lowest BCUT2D eigenvalue weighted by Gasteiger charge is -2.07. The van der Waals surface area contributed by atoms with E-state index in [0.717, 1.165) is 17.0 Å². The lowest BCUT2D eigenvalue weighted by atomic mass is 10.1. The predicted molar refractivity (Wildman–Crippen MR) is 66.6 cm³/mol. The highest BCUT2D eigenvalue weighted by atomic mass is 16.5. The van der Waals surface area contributed by atoms with Crippen LogP contribution >= 0.6 is 0 Å². The standard InChI is InChI=1S/C13H17N3O/c1-10(14)11-3-5-13(6-4-11)17-9-12-7-8-16(2)15-12/h3-8,10H,9,14H2,1-2H3/t10-/m1/s1. The number of hydrogen-bond acceptors (Lipinski definition) is 3. The summed E-state index contributed by atoms with van der Waals surface area (Å²) in [6, 6.07) is 9.83. The Bertz CT molecular complexity index is 474. The molecule has 1 atom stereocenters. The topological polar surface area (TPSA) is 53.1 Å². The van der Waals surface area contributed by atoms with E-state index in [1.54, 1.807) is 4.68 Å². The number of nitrogens with two attached hydrogens (primary N) is 1. The SMILES string of the molecule is C[C@@H](N)c1ccc(OCc2ccn(C)n2)cc1. The summed E-state index contributed by atoms with van der Waals surface area (Å²) in [5.74, 6) is 0.833. The van der Waals surface area contributed by atoms with Crippen molar-refractivity contribution in [2.24, 2.45) is 12.8 Å². The van der Waals surface area contributed by atoms with Gasteiger partial charge in [-0.05, 0) is 30.7 Å². The van der Waals surface area contributed by atoms with Crippen LogP contribution in [0.3, 0.4) is 0 Å². The first-order chi connectivity index (χ1) is 8.15. The molecule has 0 aliphatic heterocycles. The molecule has 1 heterocycles. The lowest BCUT2D eigenvalue weighted by Crippen LogP contribution is -2.04. The molecule has 0 radical (unpaired) electrons. The number of ether oxygens (including phenoxy) is 1. The van der Waals surface area contributed by atoms with E-state index in [9.17, 15) is 0 Å². The van der Waals surface area contributed by atoms with E-state index in [-0.39, 0.29) is 6.04 Å². The summed E-state index contributed by atoms with van der Waals surface area (Å²) in [6.45, 7) is 2.45. The van der Waals surface area contributed by atoms with Crippen LogP contribution in [0.25, 0.3) is 0 Å². The van der Waals surface area contributed by atoms with E-state index in [1.165, 1.54) is 0 Å². The van der Waals surface area contributed by atoms with Crippen LogP contribution in [0.2, 0.25) is 0 Å². The van der Waals surface area contributed by atoms with Crippen molar-refractivity contribution in [3.05, 3.63) is 47.8 Å². The first-order valence-electron chi connectivity index (χ1n) is 5.62. The molecule has 0 fully saturated rings. The Morgan fingerprint density at radius 1 is 1.29 bits per heavy atom. The molecule has 0 aliphatic rings. The zero-order valence-electron chi connectivity index (χ0n) is 10.1. The van der Waals surface area contributed by atoms with Crippen LogP contribution in [0.15, 0.2) is 36.5 Å². The Kier molecular flexibility index (Phi) is 3.44. The maximum Gasteiger partial charge on any atom is 0.132 e. The minimum absolute atomic E-state index is 0.0554. The van der Waals surface area contributed by atoms with Gasteiger partial charge in [-0.15, -0.1) is 0 Å². The van der Waals surface area contributed by atoms with E-state index in [1.807, 2.05) is 50.5 Å². The average molecular weight is 231 g/mol. The molecule has 0 saturated heterocycles. The molecule has 0 aliphatic carbocycles. The molecule has 2 aromatic rings. The summed E-state index contributed by atoms with van der Waals surface area (Å²) in [4.78, 5) is 0. The zero-order chi connectivity index (χ0) is 12.3. The molecule has 17 heavy (non-hydrogen) atoms. The quantitative estimate of drug-likeness (QED) is 0.875. The van der Waals surface area contributed by atoms with Crippen molar-refractivity contribution < 1.29 is 4.74 Å². The minimum atomic E-state index is 0.0554. The second-order valence-electron chi connectivity index (χ2n) is 4.13. The van der Waals surface area contributed by atoms with Gasteiger partial charge in [0.2, 0.25) is 0 Å². The Morgan fingerprint density at radius 3 is 2.53 bits per heavy atom. The van der Waals surface area contributed by atoms with Gasteiger partial charge in [0, 0.05) is 19.3 Å². The largest absolute Gasteiger partial charge is 0.487 e.